The normalized spacial score (nSPS) is 10.2. The molecule has 0 saturated carbocycles. The zero-order valence-electron chi connectivity index (χ0n) is 14.6. The number of hydrogen-bond donors (Lipinski definition) is 1. The zero-order valence-corrected chi connectivity index (χ0v) is 15.4. The van der Waals surface area contributed by atoms with E-state index in [-0.39, 0.29) is 5.91 Å². The minimum atomic E-state index is -0.287. The molecule has 0 saturated heterocycles. The summed E-state index contributed by atoms with van der Waals surface area (Å²) in [5.41, 5.74) is 1.05. The second-order valence-corrected chi connectivity index (χ2v) is 5.78. The second kappa shape index (κ2) is 9.18. The number of carbonyl (C=O) groups excluding carboxylic acids is 1. The summed E-state index contributed by atoms with van der Waals surface area (Å²) >= 11 is 6.28. The molecule has 25 heavy (non-hydrogen) atoms. The maximum atomic E-state index is 12.5. The van der Waals surface area contributed by atoms with Crippen molar-refractivity contribution >= 4 is 23.2 Å². The first kappa shape index (κ1) is 18.9. The Bertz CT molecular complexity index is 716. The van der Waals surface area contributed by atoms with Crippen LogP contribution < -0.4 is 19.5 Å². The Morgan fingerprint density at radius 1 is 1.12 bits per heavy atom. The fraction of sp³-hybridized carbons (Fsp3) is 0.316. The third-order valence-electron chi connectivity index (χ3n) is 3.58. The molecule has 6 heteroatoms. The van der Waals surface area contributed by atoms with Gasteiger partial charge in [0, 0.05) is 11.3 Å². The molecule has 5 nitrogen and oxygen atoms in total. The van der Waals surface area contributed by atoms with E-state index in [0.29, 0.717) is 34.4 Å². The van der Waals surface area contributed by atoms with Crippen LogP contribution in [0.4, 0.5) is 5.69 Å². The molecule has 0 unspecified atom stereocenters. The summed E-state index contributed by atoms with van der Waals surface area (Å²) in [7, 11) is 3.11. The lowest BCUT2D eigenvalue weighted by Gasteiger charge is -2.14. The van der Waals surface area contributed by atoms with Crippen molar-refractivity contribution in [2.75, 3.05) is 26.1 Å². The minimum Gasteiger partial charge on any atom is -0.497 e. The van der Waals surface area contributed by atoms with E-state index in [9.17, 15) is 4.79 Å². The molecule has 2 aromatic rings. The number of benzene rings is 2. The highest BCUT2D eigenvalue weighted by Gasteiger charge is 2.16. The summed E-state index contributed by atoms with van der Waals surface area (Å²) in [6.45, 7) is 2.62. The van der Waals surface area contributed by atoms with Gasteiger partial charge in [-0.15, -0.1) is 0 Å². The largest absolute Gasteiger partial charge is 0.497 e. The van der Waals surface area contributed by atoms with E-state index in [2.05, 4.69) is 12.2 Å². The van der Waals surface area contributed by atoms with E-state index in [1.807, 2.05) is 0 Å². The number of anilines is 1. The molecule has 0 bridgehead atoms. The number of methoxy groups -OCH3 is 2. The van der Waals surface area contributed by atoms with E-state index >= 15 is 0 Å². The monoisotopic (exact) mass is 363 g/mol. The molecule has 1 N–H and O–H groups in total. The van der Waals surface area contributed by atoms with E-state index in [1.165, 1.54) is 7.11 Å². The molecule has 0 atom stereocenters. The number of nitrogens with one attached hydrogen (secondary N) is 1. The van der Waals surface area contributed by atoms with Crippen LogP contribution in [0.15, 0.2) is 36.4 Å². The zero-order chi connectivity index (χ0) is 18.2. The molecular weight excluding hydrogens is 342 g/mol. The number of carbonyl (C=O) groups is 1. The third kappa shape index (κ3) is 5.03. The van der Waals surface area contributed by atoms with Crippen molar-refractivity contribution < 1.29 is 19.0 Å². The highest BCUT2D eigenvalue weighted by atomic mass is 35.5. The molecule has 1 amide bonds. The van der Waals surface area contributed by atoms with Gasteiger partial charge in [-0.1, -0.05) is 24.9 Å². The predicted molar refractivity (Wildman–Crippen MR) is 99.4 cm³/mol. The van der Waals surface area contributed by atoms with Crippen molar-refractivity contribution in [3.05, 3.63) is 47.0 Å². The van der Waals surface area contributed by atoms with E-state index < -0.39 is 0 Å². The van der Waals surface area contributed by atoms with Crippen LogP contribution in [0, 0.1) is 0 Å². The fourth-order valence-corrected chi connectivity index (χ4v) is 2.45. The summed E-state index contributed by atoms with van der Waals surface area (Å²) in [5.74, 6) is 1.32. The first-order valence-corrected chi connectivity index (χ1v) is 8.42. The molecule has 0 heterocycles. The van der Waals surface area contributed by atoms with E-state index in [1.54, 1.807) is 43.5 Å². The molecule has 0 fully saturated rings. The summed E-state index contributed by atoms with van der Waals surface area (Å²) in [6.07, 6.45) is 1.93. The number of hydrogen-bond acceptors (Lipinski definition) is 4. The van der Waals surface area contributed by atoms with E-state index in [4.69, 9.17) is 25.8 Å². The number of rotatable bonds is 8. The van der Waals surface area contributed by atoms with Crippen LogP contribution in [0.25, 0.3) is 0 Å². The summed E-state index contributed by atoms with van der Waals surface area (Å²) in [5, 5.41) is 3.15. The van der Waals surface area contributed by atoms with Crippen LogP contribution in [-0.2, 0) is 0 Å². The number of unbranched alkanes of at least 4 members (excludes halogenated alkanes) is 1. The Kier molecular flexibility index (Phi) is 6.95. The van der Waals surface area contributed by atoms with Crippen molar-refractivity contribution in [2.24, 2.45) is 0 Å². The smallest absolute Gasteiger partial charge is 0.255 e. The molecule has 134 valence electrons. The first-order valence-electron chi connectivity index (χ1n) is 8.04. The quantitative estimate of drug-likeness (QED) is 0.685. The second-order valence-electron chi connectivity index (χ2n) is 5.37. The molecule has 0 aliphatic carbocycles. The van der Waals surface area contributed by atoms with Crippen molar-refractivity contribution in [3.63, 3.8) is 0 Å². The summed E-state index contributed by atoms with van der Waals surface area (Å²) < 4.78 is 16.1. The topological polar surface area (TPSA) is 56.8 Å². The lowest BCUT2D eigenvalue weighted by atomic mass is 10.1. The van der Waals surface area contributed by atoms with Gasteiger partial charge in [0.15, 0.2) is 11.5 Å². The van der Waals surface area contributed by atoms with Crippen LogP contribution in [0.1, 0.15) is 30.1 Å². The van der Waals surface area contributed by atoms with Crippen LogP contribution in [0.5, 0.6) is 17.2 Å². The number of halogens is 1. The maximum Gasteiger partial charge on any atom is 0.255 e. The fourth-order valence-electron chi connectivity index (χ4n) is 2.19. The van der Waals surface area contributed by atoms with Gasteiger partial charge in [-0.05, 0) is 42.8 Å². The van der Waals surface area contributed by atoms with Gasteiger partial charge in [-0.3, -0.25) is 4.79 Å². The molecular formula is C19H22ClNO4. The summed E-state index contributed by atoms with van der Waals surface area (Å²) in [6, 6.07) is 10.3. The average molecular weight is 364 g/mol. The molecule has 0 aromatic heterocycles. The van der Waals surface area contributed by atoms with Gasteiger partial charge >= 0.3 is 0 Å². The number of amides is 1. The van der Waals surface area contributed by atoms with Crippen molar-refractivity contribution in [2.45, 2.75) is 19.8 Å². The van der Waals surface area contributed by atoms with Gasteiger partial charge in [-0.25, -0.2) is 0 Å². The van der Waals surface area contributed by atoms with Crippen LogP contribution in [-0.4, -0.2) is 26.7 Å². The van der Waals surface area contributed by atoms with Gasteiger partial charge in [0.25, 0.3) is 5.91 Å². The van der Waals surface area contributed by atoms with Crippen molar-refractivity contribution in [1.82, 2.24) is 0 Å². The van der Waals surface area contributed by atoms with Crippen LogP contribution >= 0.6 is 11.6 Å². The van der Waals surface area contributed by atoms with Gasteiger partial charge in [0.1, 0.15) is 5.75 Å². The van der Waals surface area contributed by atoms with Gasteiger partial charge in [0.2, 0.25) is 0 Å². The summed E-state index contributed by atoms with van der Waals surface area (Å²) in [4.78, 5) is 12.5. The predicted octanol–water partition coefficient (Wildman–Crippen LogP) is 4.79. The minimum absolute atomic E-state index is 0.287. The average Bonchev–Trinajstić information content (AvgIpc) is 2.63. The Hall–Kier alpha value is -2.40. The molecule has 0 spiro atoms. The SMILES string of the molecule is CCCCOc1c(Cl)cc(C(=O)Nc2ccc(OC)cc2)cc1OC. The Balaban J connectivity index is 2.17. The lowest BCUT2D eigenvalue weighted by Crippen LogP contribution is -2.12. The standard InChI is InChI=1S/C19H22ClNO4/c1-4-5-10-25-18-16(20)11-13(12-17(18)24-3)19(22)21-14-6-8-15(23-2)9-7-14/h6-9,11-12H,4-5,10H2,1-3H3,(H,21,22). The first-order chi connectivity index (χ1) is 12.1. The van der Waals surface area contributed by atoms with Crippen LogP contribution in [0.3, 0.4) is 0 Å². The Morgan fingerprint density at radius 2 is 1.84 bits per heavy atom. The lowest BCUT2D eigenvalue weighted by molar-refractivity contribution is 0.102. The van der Waals surface area contributed by atoms with Crippen molar-refractivity contribution in [3.8, 4) is 17.2 Å². The molecule has 0 aliphatic rings. The Morgan fingerprint density at radius 3 is 2.44 bits per heavy atom. The molecule has 2 aromatic carbocycles. The Labute approximate surface area is 152 Å². The molecule has 2 rings (SSSR count). The third-order valence-corrected chi connectivity index (χ3v) is 3.86. The highest BCUT2D eigenvalue weighted by Crippen LogP contribution is 2.36. The maximum absolute atomic E-state index is 12.5. The highest BCUT2D eigenvalue weighted by molar-refractivity contribution is 6.32. The van der Waals surface area contributed by atoms with Crippen LogP contribution in [0.2, 0.25) is 5.02 Å². The number of ether oxygens (including phenoxy) is 3. The van der Waals surface area contributed by atoms with Gasteiger partial charge in [-0.2, -0.15) is 0 Å². The molecule has 0 radical (unpaired) electrons. The van der Waals surface area contributed by atoms with Gasteiger partial charge in [0.05, 0.1) is 25.8 Å². The van der Waals surface area contributed by atoms with Crippen molar-refractivity contribution in [1.29, 1.82) is 0 Å². The van der Waals surface area contributed by atoms with Gasteiger partial charge < -0.3 is 19.5 Å². The molecule has 0 aliphatic heterocycles. The van der Waals surface area contributed by atoms with E-state index in [0.717, 1.165) is 18.6 Å².